The van der Waals surface area contributed by atoms with Gasteiger partial charge in [-0.3, -0.25) is 19.5 Å². The molecule has 2 heterocycles. The van der Waals surface area contributed by atoms with E-state index in [4.69, 9.17) is 9.47 Å². The van der Waals surface area contributed by atoms with E-state index >= 15 is 0 Å². The number of fused-ring (bicyclic) bond motifs is 2. The normalized spacial score (nSPS) is 13.5. The molecule has 0 saturated carbocycles. The van der Waals surface area contributed by atoms with Gasteiger partial charge in [-0.1, -0.05) is 6.07 Å². The molecule has 0 saturated heterocycles. The van der Waals surface area contributed by atoms with Crippen molar-refractivity contribution in [3.63, 3.8) is 0 Å². The minimum atomic E-state index is -1.11. The summed E-state index contributed by atoms with van der Waals surface area (Å²) in [7, 11) is 1.54. The zero-order chi connectivity index (χ0) is 25.4. The van der Waals surface area contributed by atoms with Crippen molar-refractivity contribution in [3.8, 4) is 17.2 Å². The summed E-state index contributed by atoms with van der Waals surface area (Å²) in [6.07, 6.45) is 2.24. The Labute approximate surface area is 203 Å². The number of aromatic carboxylic acids is 1. The fourth-order valence-corrected chi connectivity index (χ4v) is 4.11. The molecule has 0 spiro atoms. The molecule has 1 N–H and O–H groups in total. The van der Waals surface area contributed by atoms with E-state index in [-0.39, 0.29) is 28.1 Å². The molecule has 0 radical (unpaired) electrons. The number of allylic oxidation sites excluding steroid dienone is 1. The lowest BCUT2D eigenvalue weighted by Gasteiger charge is -2.08. The number of ether oxygens (including phenoxy) is 2. The molecule has 0 atom stereocenters. The molecular formula is C26H19N3O7. The van der Waals surface area contributed by atoms with E-state index < -0.39 is 10.9 Å². The van der Waals surface area contributed by atoms with Crippen LogP contribution >= 0.6 is 0 Å². The second-order valence-electron chi connectivity index (χ2n) is 8.11. The Morgan fingerprint density at radius 1 is 1.11 bits per heavy atom. The van der Waals surface area contributed by atoms with Gasteiger partial charge < -0.3 is 14.6 Å². The van der Waals surface area contributed by atoms with Gasteiger partial charge in [-0.05, 0) is 72.2 Å². The number of methoxy groups -OCH3 is 1. The van der Waals surface area contributed by atoms with Gasteiger partial charge in [0.15, 0.2) is 0 Å². The van der Waals surface area contributed by atoms with Crippen LogP contribution in [0, 0.1) is 10.1 Å². The maximum Gasteiger partial charge on any atom is 0.335 e. The Kier molecular flexibility index (Phi) is 5.69. The molecule has 0 unspecified atom stereocenters. The van der Waals surface area contributed by atoms with Crippen LogP contribution in [0.2, 0.25) is 0 Å². The summed E-state index contributed by atoms with van der Waals surface area (Å²) in [4.78, 5) is 40.1. The Morgan fingerprint density at radius 2 is 1.86 bits per heavy atom. The van der Waals surface area contributed by atoms with Crippen molar-refractivity contribution in [2.45, 2.75) is 13.0 Å². The van der Waals surface area contributed by atoms with Gasteiger partial charge in [-0.2, -0.15) is 0 Å². The molecule has 0 bridgehead atoms. The number of carboxylic acid groups (broad SMARTS) is 1. The standard InChI is InChI=1S/C26H19N3O7/c1-35-18-4-6-19(7-5-18)36-23-9-2-15(13-22(23)29(33)34)12-16-10-11-28-24(16)27-21-14-17(26(31)32)3-8-20(21)25(28)30/h2-9,12-14H,10-11H2,1H3,(H,31,32)/b16-12+. The van der Waals surface area contributed by atoms with Crippen LogP contribution in [-0.2, 0) is 6.54 Å². The molecule has 1 aliphatic heterocycles. The van der Waals surface area contributed by atoms with Crippen LogP contribution in [0.4, 0.5) is 5.69 Å². The molecular weight excluding hydrogens is 466 g/mol. The molecule has 10 nitrogen and oxygen atoms in total. The summed E-state index contributed by atoms with van der Waals surface area (Å²) in [6.45, 7) is 0.407. The average Bonchev–Trinajstić information content (AvgIpc) is 3.27. The molecule has 180 valence electrons. The molecule has 0 fully saturated rings. The zero-order valence-electron chi connectivity index (χ0n) is 19.0. The SMILES string of the molecule is COc1ccc(Oc2ccc(/C=C3\CCn4c3nc3cc(C(=O)O)ccc3c4=O)cc2[N+](=O)[O-])cc1. The van der Waals surface area contributed by atoms with Gasteiger partial charge in [0.25, 0.3) is 5.56 Å². The van der Waals surface area contributed by atoms with Gasteiger partial charge in [-0.25, -0.2) is 9.78 Å². The van der Waals surface area contributed by atoms with Crippen LogP contribution in [0.3, 0.4) is 0 Å². The van der Waals surface area contributed by atoms with Crippen LogP contribution in [0.5, 0.6) is 17.2 Å². The number of nitrogens with zero attached hydrogens (tertiary/aromatic N) is 3. The summed E-state index contributed by atoms with van der Waals surface area (Å²) in [5.41, 5.74) is 1.10. The topological polar surface area (TPSA) is 134 Å². The summed E-state index contributed by atoms with van der Waals surface area (Å²) in [5, 5.41) is 21.4. The third-order valence-corrected chi connectivity index (χ3v) is 5.90. The fraction of sp³-hybridized carbons (Fsp3) is 0.115. The number of carbonyl (C=O) groups is 1. The van der Waals surface area contributed by atoms with Crippen LogP contribution in [0.15, 0.2) is 65.5 Å². The molecule has 3 aromatic carbocycles. The van der Waals surface area contributed by atoms with Gasteiger partial charge in [-0.15, -0.1) is 0 Å². The summed E-state index contributed by atoms with van der Waals surface area (Å²) < 4.78 is 12.4. The summed E-state index contributed by atoms with van der Waals surface area (Å²) >= 11 is 0. The first-order chi connectivity index (χ1) is 17.3. The fourth-order valence-electron chi connectivity index (χ4n) is 4.11. The number of aromatic nitrogens is 2. The Hall–Kier alpha value is -4.99. The molecule has 0 aliphatic carbocycles. The number of carboxylic acids is 1. The molecule has 36 heavy (non-hydrogen) atoms. The maximum atomic E-state index is 12.9. The molecule has 1 aliphatic rings. The number of nitro groups is 1. The summed E-state index contributed by atoms with van der Waals surface area (Å²) in [5.74, 6) is 0.442. The first-order valence-corrected chi connectivity index (χ1v) is 10.9. The van der Waals surface area contributed by atoms with E-state index in [2.05, 4.69) is 4.98 Å². The van der Waals surface area contributed by atoms with Crippen molar-refractivity contribution >= 4 is 34.2 Å². The van der Waals surface area contributed by atoms with Gasteiger partial charge in [0.2, 0.25) is 5.75 Å². The number of rotatable bonds is 6. The van der Waals surface area contributed by atoms with Gasteiger partial charge in [0, 0.05) is 12.6 Å². The average molecular weight is 485 g/mol. The van der Waals surface area contributed by atoms with Crippen LogP contribution in [0.25, 0.3) is 22.6 Å². The molecule has 5 rings (SSSR count). The predicted molar refractivity (Wildman–Crippen MR) is 132 cm³/mol. The van der Waals surface area contributed by atoms with Crippen molar-refractivity contribution in [3.05, 3.63) is 98.1 Å². The maximum absolute atomic E-state index is 12.9. The minimum Gasteiger partial charge on any atom is -0.497 e. The first-order valence-electron chi connectivity index (χ1n) is 10.9. The second kappa shape index (κ2) is 8.99. The lowest BCUT2D eigenvalue weighted by atomic mass is 10.1. The quantitative estimate of drug-likeness (QED) is 0.306. The Morgan fingerprint density at radius 3 is 2.56 bits per heavy atom. The van der Waals surface area contributed by atoms with E-state index in [1.807, 2.05) is 0 Å². The minimum absolute atomic E-state index is 0.0333. The highest BCUT2D eigenvalue weighted by Crippen LogP contribution is 2.35. The van der Waals surface area contributed by atoms with E-state index in [9.17, 15) is 24.8 Å². The van der Waals surface area contributed by atoms with Crippen LogP contribution in [0.1, 0.15) is 28.2 Å². The van der Waals surface area contributed by atoms with Crippen molar-refractivity contribution in [1.29, 1.82) is 0 Å². The third-order valence-electron chi connectivity index (χ3n) is 5.90. The first kappa shape index (κ1) is 22.8. The zero-order valence-corrected chi connectivity index (χ0v) is 19.0. The van der Waals surface area contributed by atoms with E-state index in [1.54, 1.807) is 43.5 Å². The van der Waals surface area contributed by atoms with E-state index in [0.29, 0.717) is 46.8 Å². The van der Waals surface area contributed by atoms with Crippen LogP contribution < -0.4 is 15.0 Å². The lowest BCUT2D eigenvalue weighted by Crippen LogP contribution is -2.21. The predicted octanol–water partition coefficient (Wildman–Crippen LogP) is 4.75. The monoisotopic (exact) mass is 485 g/mol. The van der Waals surface area contributed by atoms with Crippen molar-refractivity contribution in [1.82, 2.24) is 9.55 Å². The molecule has 4 aromatic rings. The second-order valence-corrected chi connectivity index (χ2v) is 8.11. The Bertz CT molecular complexity index is 1620. The number of hydrogen-bond acceptors (Lipinski definition) is 7. The van der Waals surface area contributed by atoms with E-state index in [0.717, 1.165) is 0 Å². The van der Waals surface area contributed by atoms with Gasteiger partial charge in [0.05, 0.1) is 28.5 Å². The van der Waals surface area contributed by atoms with Gasteiger partial charge >= 0.3 is 11.7 Å². The smallest absolute Gasteiger partial charge is 0.335 e. The lowest BCUT2D eigenvalue weighted by molar-refractivity contribution is -0.385. The van der Waals surface area contributed by atoms with Crippen molar-refractivity contribution in [2.24, 2.45) is 0 Å². The highest BCUT2D eigenvalue weighted by molar-refractivity contribution is 5.93. The largest absolute Gasteiger partial charge is 0.497 e. The highest BCUT2D eigenvalue weighted by Gasteiger charge is 2.23. The van der Waals surface area contributed by atoms with Crippen molar-refractivity contribution in [2.75, 3.05) is 7.11 Å². The number of hydrogen-bond donors (Lipinski definition) is 1. The van der Waals surface area contributed by atoms with Crippen LogP contribution in [-0.4, -0.2) is 32.7 Å². The highest BCUT2D eigenvalue weighted by atomic mass is 16.6. The number of benzene rings is 3. The van der Waals surface area contributed by atoms with Crippen molar-refractivity contribution < 1.29 is 24.3 Å². The Balaban J connectivity index is 1.52. The molecule has 10 heteroatoms. The van der Waals surface area contributed by atoms with Gasteiger partial charge in [0.1, 0.15) is 17.3 Å². The molecule has 0 amide bonds. The van der Waals surface area contributed by atoms with E-state index in [1.165, 1.54) is 34.9 Å². The number of nitro benzene ring substituents is 1. The molecule has 1 aromatic heterocycles. The third kappa shape index (κ3) is 4.16. The summed E-state index contributed by atoms with van der Waals surface area (Å²) in [6, 6.07) is 15.5.